The molecule has 0 saturated heterocycles. The molecule has 0 fully saturated rings. The summed E-state index contributed by atoms with van der Waals surface area (Å²) in [5, 5.41) is 21.8. The Morgan fingerprint density at radius 2 is 2.13 bits per heavy atom. The van der Waals surface area contributed by atoms with Crippen molar-refractivity contribution >= 4 is 27.7 Å². The highest BCUT2D eigenvalue weighted by atomic mass is 79.9. The Morgan fingerprint density at radius 1 is 1.43 bits per heavy atom. The molecule has 9 nitrogen and oxygen atoms in total. The van der Waals surface area contributed by atoms with Gasteiger partial charge in [-0.2, -0.15) is 9.78 Å². The van der Waals surface area contributed by atoms with Gasteiger partial charge in [-0.05, 0) is 41.6 Å². The van der Waals surface area contributed by atoms with Gasteiger partial charge in [0.05, 0.1) is 16.5 Å². The summed E-state index contributed by atoms with van der Waals surface area (Å²) in [6.45, 7) is 6.56. The SMILES string of the molecule is CCn1cc(CNC(=O)Cn2nc([N+](=O)[O-])c(Br)c2C)c(C)n1. The summed E-state index contributed by atoms with van der Waals surface area (Å²) in [5.41, 5.74) is 2.33. The molecule has 0 atom stereocenters. The number of nitrogens with one attached hydrogen (secondary N) is 1. The molecule has 23 heavy (non-hydrogen) atoms. The summed E-state index contributed by atoms with van der Waals surface area (Å²) in [6.07, 6.45) is 1.89. The number of aromatic nitrogens is 4. The average molecular weight is 385 g/mol. The fraction of sp³-hybridized carbons (Fsp3) is 0.462. The molecule has 1 N–H and O–H groups in total. The lowest BCUT2D eigenvalue weighted by Gasteiger charge is -2.04. The molecular weight excluding hydrogens is 368 g/mol. The maximum absolute atomic E-state index is 12.0. The lowest BCUT2D eigenvalue weighted by molar-refractivity contribution is -0.390. The van der Waals surface area contributed by atoms with Crippen LogP contribution in [0.3, 0.4) is 0 Å². The molecule has 0 spiro atoms. The van der Waals surface area contributed by atoms with Crippen LogP contribution in [0.1, 0.15) is 23.9 Å². The first kappa shape index (κ1) is 17.1. The van der Waals surface area contributed by atoms with Crippen LogP contribution < -0.4 is 5.32 Å². The zero-order valence-corrected chi connectivity index (χ0v) is 14.6. The van der Waals surface area contributed by atoms with Crippen LogP contribution in [0.4, 0.5) is 5.82 Å². The van der Waals surface area contributed by atoms with E-state index < -0.39 is 4.92 Å². The standard InChI is InChI=1S/C13H17BrN6O3/c1-4-18-6-10(8(2)16-18)5-15-11(21)7-19-9(3)12(14)13(17-19)20(22)23/h6H,4-5,7H2,1-3H3,(H,15,21). The van der Waals surface area contributed by atoms with E-state index in [1.165, 1.54) is 4.68 Å². The van der Waals surface area contributed by atoms with Crippen LogP contribution in [-0.2, 0) is 24.4 Å². The van der Waals surface area contributed by atoms with Gasteiger partial charge in [-0.15, -0.1) is 0 Å². The van der Waals surface area contributed by atoms with Crippen LogP contribution in [-0.4, -0.2) is 30.4 Å². The number of amides is 1. The second-order valence-electron chi connectivity index (χ2n) is 5.01. The first-order valence-electron chi connectivity index (χ1n) is 7.00. The van der Waals surface area contributed by atoms with Crippen LogP contribution >= 0.6 is 15.9 Å². The third-order valence-corrected chi connectivity index (χ3v) is 4.36. The molecule has 0 aliphatic carbocycles. The number of carbonyl (C=O) groups excluding carboxylic acids is 1. The molecule has 0 aliphatic rings. The van der Waals surface area contributed by atoms with E-state index >= 15 is 0 Å². The number of hydrogen-bond donors (Lipinski definition) is 1. The van der Waals surface area contributed by atoms with Crippen LogP contribution in [0.5, 0.6) is 0 Å². The normalized spacial score (nSPS) is 10.8. The smallest absolute Gasteiger partial charge is 0.358 e. The number of nitrogens with zero attached hydrogens (tertiary/aromatic N) is 5. The number of rotatable bonds is 6. The Kier molecular flexibility index (Phi) is 5.14. The third-order valence-electron chi connectivity index (χ3n) is 3.43. The van der Waals surface area contributed by atoms with Crippen molar-refractivity contribution in [3.05, 3.63) is 37.7 Å². The topological polar surface area (TPSA) is 108 Å². The second kappa shape index (κ2) is 6.90. The Bertz CT molecular complexity index is 751. The quantitative estimate of drug-likeness (QED) is 0.602. The largest absolute Gasteiger partial charge is 0.404 e. The van der Waals surface area contributed by atoms with Crippen molar-refractivity contribution in [3.8, 4) is 0 Å². The van der Waals surface area contributed by atoms with Crippen LogP contribution in [0, 0.1) is 24.0 Å². The lowest BCUT2D eigenvalue weighted by Crippen LogP contribution is -2.28. The molecule has 10 heteroatoms. The van der Waals surface area contributed by atoms with Crippen molar-refractivity contribution in [1.82, 2.24) is 24.9 Å². The molecule has 0 saturated carbocycles. The molecule has 0 aromatic carbocycles. The van der Waals surface area contributed by atoms with Gasteiger partial charge in [-0.25, -0.2) is 0 Å². The van der Waals surface area contributed by atoms with E-state index in [1.54, 1.807) is 11.6 Å². The predicted octanol–water partition coefficient (Wildman–Crippen LogP) is 1.70. The summed E-state index contributed by atoms with van der Waals surface area (Å²) in [6, 6.07) is 0. The highest BCUT2D eigenvalue weighted by Crippen LogP contribution is 2.26. The van der Waals surface area contributed by atoms with Crippen molar-refractivity contribution in [3.63, 3.8) is 0 Å². The summed E-state index contributed by atoms with van der Waals surface area (Å²) < 4.78 is 3.39. The monoisotopic (exact) mass is 384 g/mol. The van der Waals surface area contributed by atoms with Gasteiger partial charge in [-0.3, -0.25) is 9.48 Å². The number of carbonyl (C=O) groups is 1. The van der Waals surface area contributed by atoms with E-state index in [0.717, 1.165) is 17.8 Å². The Hall–Kier alpha value is -2.23. The molecule has 0 radical (unpaired) electrons. The van der Waals surface area contributed by atoms with E-state index in [-0.39, 0.29) is 22.7 Å². The lowest BCUT2D eigenvalue weighted by atomic mass is 10.2. The van der Waals surface area contributed by atoms with E-state index in [1.807, 2.05) is 20.0 Å². The van der Waals surface area contributed by atoms with E-state index in [9.17, 15) is 14.9 Å². The molecule has 1 amide bonds. The molecule has 124 valence electrons. The predicted molar refractivity (Wildman–Crippen MR) is 85.8 cm³/mol. The zero-order valence-electron chi connectivity index (χ0n) is 13.0. The minimum absolute atomic E-state index is 0.0841. The van der Waals surface area contributed by atoms with Crippen molar-refractivity contribution in [1.29, 1.82) is 0 Å². The van der Waals surface area contributed by atoms with Crippen molar-refractivity contribution in [2.75, 3.05) is 0 Å². The molecular formula is C13H17BrN6O3. The molecule has 0 unspecified atom stereocenters. The van der Waals surface area contributed by atoms with Gasteiger partial charge in [-0.1, -0.05) is 0 Å². The van der Waals surface area contributed by atoms with Crippen LogP contribution in [0.25, 0.3) is 0 Å². The Labute approximate surface area is 140 Å². The summed E-state index contributed by atoms with van der Waals surface area (Å²) in [5.74, 6) is -0.572. The van der Waals surface area contributed by atoms with Crippen molar-refractivity contribution in [2.45, 2.75) is 40.4 Å². The van der Waals surface area contributed by atoms with Gasteiger partial charge < -0.3 is 15.4 Å². The molecule has 2 heterocycles. The molecule has 0 bridgehead atoms. The number of aryl methyl sites for hydroxylation is 2. The van der Waals surface area contributed by atoms with E-state index in [2.05, 4.69) is 31.4 Å². The van der Waals surface area contributed by atoms with Gasteiger partial charge in [0, 0.05) is 24.8 Å². The van der Waals surface area contributed by atoms with E-state index in [0.29, 0.717) is 12.2 Å². The van der Waals surface area contributed by atoms with Crippen LogP contribution in [0.15, 0.2) is 10.7 Å². The molecule has 0 aliphatic heterocycles. The highest BCUT2D eigenvalue weighted by molar-refractivity contribution is 9.10. The minimum Gasteiger partial charge on any atom is -0.358 e. The molecule has 2 aromatic heterocycles. The van der Waals surface area contributed by atoms with Gasteiger partial charge >= 0.3 is 5.82 Å². The Morgan fingerprint density at radius 3 is 2.65 bits per heavy atom. The number of halogens is 1. The van der Waals surface area contributed by atoms with Crippen molar-refractivity contribution in [2.24, 2.45) is 0 Å². The number of nitro groups is 1. The fourth-order valence-electron chi connectivity index (χ4n) is 2.06. The minimum atomic E-state index is -0.589. The maximum atomic E-state index is 12.0. The summed E-state index contributed by atoms with van der Waals surface area (Å²) in [7, 11) is 0. The van der Waals surface area contributed by atoms with Gasteiger partial charge in [0.25, 0.3) is 0 Å². The van der Waals surface area contributed by atoms with Crippen molar-refractivity contribution < 1.29 is 9.72 Å². The average Bonchev–Trinajstić information content (AvgIpc) is 3.00. The Balaban J connectivity index is 2.01. The maximum Gasteiger partial charge on any atom is 0.404 e. The first-order chi connectivity index (χ1) is 10.8. The highest BCUT2D eigenvalue weighted by Gasteiger charge is 2.24. The zero-order chi connectivity index (χ0) is 17.1. The fourth-order valence-corrected chi connectivity index (χ4v) is 2.49. The summed E-state index contributed by atoms with van der Waals surface area (Å²) >= 11 is 3.12. The molecule has 2 rings (SSSR count). The first-order valence-corrected chi connectivity index (χ1v) is 7.79. The number of hydrogen-bond acceptors (Lipinski definition) is 5. The van der Waals surface area contributed by atoms with Gasteiger partial charge in [0.2, 0.25) is 5.91 Å². The van der Waals surface area contributed by atoms with Gasteiger partial charge in [0.15, 0.2) is 0 Å². The van der Waals surface area contributed by atoms with Crippen LogP contribution in [0.2, 0.25) is 0 Å². The molecule has 2 aromatic rings. The van der Waals surface area contributed by atoms with Gasteiger partial charge in [0.1, 0.15) is 11.0 Å². The second-order valence-corrected chi connectivity index (χ2v) is 5.80. The van der Waals surface area contributed by atoms with E-state index in [4.69, 9.17) is 0 Å². The third kappa shape index (κ3) is 3.76. The summed E-state index contributed by atoms with van der Waals surface area (Å²) in [4.78, 5) is 22.3.